The molecule has 2 rings (SSSR count). The quantitative estimate of drug-likeness (QED) is 0.690. The first kappa shape index (κ1) is 16.8. The molecular formula is C17H18ClNO2. The monoisotopic (exact) mass is 303 g/mol. The Morgan fingerprint density at radius 3 is 2.38 bits per heavy atom. The summed E-state index contributed by atoms with van der Waals surface area (Å²) in [5.41, 5.74) is 2.13. The highest BCUT2D eigenvalue weighted by atomic mass is 35.5. The van der Waals surface area contributed by atoms with Gasteiger partial charge in [-0.15, -0.1) is 12.4 Å². The van der Waals surface area contributed by atoms with E-state index in [1.54, 1.807) is 24.3 Å². The lowest BCUT2D eigenvalue weighted by Crippen LogP contribution is -2.09. The average Bonchev–Trinajstić information content (AvgIpc) is 2.46. The zero-order chi connectivity index (χ0) is 14.5. The van der Waals surface area contributed by atoms with Crippen LogP contribution >= 0.6 is 12.4 Å². The second-order valence-electron chi connectivity index (χ2n) is 4.70. The molecule has 0 heterocycles. The number of nitrogens with zero attached hydrogens (tertiary/aromatic N) is 1. The van der Waals surface area contributed by atoms with Crippen LogP contribution in [0.15, 0.2) is 54.6 Å². The van der Waals surface area contributed by atoms with E-state index in [2.05, 4.69) is 0 Å². The maximum atomic E-state index is 12.1. The van der Waals surface area contributed by atoms with Gasteiger partial charge in [-0.05, 0) is 29.8 Å². The number of phenols is 1. The van der Waals surface area contributed by atoms with Gasteiger partial charge in [-0.25, -0.2) is 0 Å². The highest BCUT2D eigenvalue weighted by molar-refractivity contribution is 6.09. The Kier molecular flexibility index (Phi) is 6.00. The van der Waals surface area contributed by atoms with Crippen molar-refractivity contribution in [3.05, 3.63) is 65.7 Å². The molecule has 0 fully saturated rings. The van der Waals surface area contributed by atoms with Crippen LogP contribution in [0.5, 0.6) is 5.75 Å². The zero-order valence-corrected chi connectivity index (χ0v) is 12.8. The van der Waals surface area contributed by atoms with E-state index in [0.717, 1.165) is 11.3 Å². The molecule has 0 amide bonds. The molecule has 0 aliphatic carbocycles. The summed E-state index contributed by atoms with van der Waals surface area (Å²) in [5, 5.41) is 9.81. The molecule has 21 heavy (non-hydrogen) atoms. The lowest BCUT2D eigenvalue weighted by molar-refractivity contribution is 0.104. The number of hydrogen-bond acceptors (Lipinski definition) is 3. The van der Waals surface area contributed by atoms with Crippen LogP contribution in [0.2, 0.25) is 0 Å². The molecule has 0 saturated carbocycles. The number of anilines is 1. The molecule has 2 aromatic rings. The Hall–Kier alpha value is -2.26. The van der Waals surface area contributed by atoms with Crippen molar-refractivity contribution in [3.63, 3.8) is 0 Å². The van der Waals surface area contributed by atoms with Gasteiger partial charge in [0.05, 0.1) is 5.56 Å². The second kappa shape index (κ2) is 7.50. The van der Waals surface area contributed by atoms with Crippen molar-refractivity contribution >= 4 is 30.0 Å². The van der Waals surface area contributed by atoms with Gasteiger partial charge in [-0.2, -0.15) is 0 Å². The van der Waals surface area contributed by atoms with Crippen LogP contribution in [0.25, 0.3) is 6.08 Å². The smallest absolute Gasteiger partial charge is 0.189 e. The molecule has 0 unspecified atom stereocenters. The summed E-state index contributed by atoms with van der Waals surface area (Å²) in [4.78, 5) is 14.0. The molecule has 0 aliphatic heterocycles. The standard InChI is InChI=1S/C17H17NO2.ClH/c1-18(2)14-9-11-17(20)15(12-14)16(19)10-8-13-6-4-3-5-7-13;/h3-12,20H,1-2H3;1H. The van der Waals surface area contributed by atoms with E-state index in [9.17, 15) is 9.90 Å². The SMILES string of the molecule is CN(C)c1ccc(O)c(C(=O)C=Cc2ccccc2)c1.Cl. The summed E-state index contributed by atoms with van der Waals surface area (Å²) >= 11 is 0. The van der Waals surface area contributed by atoms with Crippen LogP contribution in [0.3, 0.4) is 0 Å². The Labute approximate surface area is 130 Å². The van der Waals surface area contributed by atoms with Crippen molar-refractivity contribution in [2.24, 2.45) is 0 Å². The summed E-state index contributed by atoms with van der Waals surface area (Å²) in [6.45, 7) is 0. The number of rotatable bonds is 4. The highest BCUT2D eigenvalue weighted by Gasteiger charge is 2.10. The molecule has 0 aromatic heterocycles. The number of phenolic OH excluding ortho intramolecular Hbond substituents is 1. The van der Waals surface area contributed by atoms with Gasteiger partial charge in [-0.3, -0.25) is 4.79 Å². The third kappa shape index (κ3) is 4.36. The Morgan fingerprint density at radius 2 is 1.76 bits per heavy atom. The van der Waals surface area contributed by atoms with Crippen molar-refractivity contribution in [3.8, 4) is 5.75 Å². The van der Waals surface area contributed by atoms with Crippen molar-refractivity contribution < 1.29 is 9.90 Å². The number of ketones is 1. The van der Waals surface area contributed by atoms with Gasteiger partial charge in [0.15, 0.2) is 5.78 Å². The van der Waals surface area contributed by atoms with Crippen LogP contribution in [0, 0.1) is 0 Å². The minimum absolute atomic E-state index is 0. The maximum Gasteiger partial charge on any atom is 0.189 e. The average molecular weight is 304 g/mol. The summed E-state index contributed by atoms with van der Waals surface area (Å²) in [6, 6.07) is 14.6. The molecule has 0 saturated heterocycles. The number of allylic oxidation sites excluding steroid dienone is 1. The molecule has 3 nitrogen and oxygen atoms in total. The molecule has 4 heteroatoms. The van der Waals surface area contributed by atoms with Crippen LogP contribution in [0.1, 0.15) is 15.9 Å². The van der Waals surface area contributed by atoms with Gasteiger partial charge < -0.3 is 10.0 Å². The summed E-state index contributed by atoms with van der Waals surface area (Å²) in [7, 11) is 3.78. The zero-order valence-electron chi connectivity index (χ0n) is 12.0. The molecule has 2 aromatic carbocycles. The highest BCUT2D eigenvalue weighted by Crippen LogP contribution is 2.24. The predicted molar refractivity (Wildman–Crippen MR) is 89.5 cm³/mol. The molecule has 0 radical (unpaired) electrons. The predicted octanol–water partition coefficient (Wildman–Crippen LogP) is 3.78. The fourth-order valence-electron chi connectivity index (χ4n) is 1.83. The normalized spacial score (nSPS) is 10.2. The number of carbonyl (C=O) groups is 1. The van der Waals surface area contributed by atoms with Crippen molar-refractivity contribution in [1.82, 2.24) is 0 Å². The first-order valence-electron chi connectivity index (χ1n) is 6.36. The number of aromatic hydroxyl groups is 1. The van der Waals surface area contributed by atoms with Crippen molar-refractivity contribution in [2.75, 3.05) is 19.0 Å². The maximum absolute atomic E-state index is 12.1. The number of hydrogen-bond donors (Lipinski definition) is 1. The first-order chi connectivity index (χ1) is 9.58. The largest absolute Gasteiger partial charge is 0.507 e. The first-order valence-corrected chi connectivity index (χ1v) is 6.36. The Bertz CT molecular complexity index is 636. The van der Waals surface area contributed by atoms with E-state index in [1.807, 2.05) is 49.3 Å². The van der Waals surface area contributed by atoms with Crippen molar-refractivity contribution in [1.29, 1.82) is 0 Å². The Balaban J connectivity index is 0.00000220. The number of carbonyl (C=O) groups excluding carboxylic acids is 1. The van der Waals surface area contributed by atoms with Crippen LogP contribution < -0.4 is 4.90 Å². The number of benzene rings is 2. The van der Waals surface area contributed by atoms with Crippen LogP contribution in [-0.2, 0) is 0 Å². The topological polar surface area (TPSA) is 40.5 Å². The third-order valence-corrected chi connectivity index (χ3v) is 2.99. The van der Waals surface area contributed by atoms with Crippen LogP contribution in [-0.4, -0.2) is 25.0 Å². The molecule has 110 valence electrons. The molecule has 0 bridgehead atoms. The summed E-state index contributed by atoms with van der Waals surface area (Å²) in [6.07, 6.45) is 3.22. The van der Waals surface area contributed by atoms with E-state index >= 15 is 0 Å². The van der Waals surface area contributed by atoms with Gasteiger partial charge >= 0.3 is 0 Å². The van der Waals surface area contributed by atoms with Gasteiger partial charge in [0.25, 0.3) is 0 Å². The molecule has 0 atom stereocenters. The van der Waals surface area contributed by atoms with Gasteiger partial charge in [0.2, 0.25) is 0 Å². The lowest BCUT2D eigenvalue weighted by atomic mass is 10.1. The molecular weight excluding hydrogens is 286 g/mol. The molecule has 0 aliphatic rings. The minimum Gasteiger partial charge on any atom is -0.507 e. The fraction of sp³-hybridized carbons (Fsp3) is 0.118. The van der Waals surface area contributed by atoms with E-state index in [0.29, 0.717) is 5.56 Å². The lowest BCUT2D eigenvalue weighted by Gasteiger charge is -2.13. The fourth-order valence-corrected chi connectivity index (χ4v) is 1.83. The second-order valence-corrected chi connectivity index (χ2v) is 4.70. The van der Waals surface area contributed by atoms with E-state index in [4.69, 9.17) is 0 Å². The summed E-state index contributed by atoms with van der Waals surface area (Å²) < 4.78 is 0. The number of halogens is 1. The van der Waals surface area contributed by atoms with Crippen LogP contribution in [0.4, 0.5) is 5.69 Å². The van der Waals surface area contributed by atoms with Gasteiger partial charge in [0.1, 0.15) is 5.75 Å². The molecule has 0 spiro atoms. The summed E-state index contributed by atoms with van der Waals surface area (Å²) in [5.74, 6) is -0.214. The van der Waals surface area contributed by atoms with Gasteiger partial charge in [0, 0.05) is 19.8 Å². The van der Waals surface area contributed by atoms with E-state index < -0.39 is 0 Å². The van der Waals surface area contributed by atoms with E-state index in [-0.39, 0.29) is 23.9 Å². The van der Waals surface area contributed by atoms with E-state index in [1.165, 1.54) is 6.08 Å². The molecule has 1 N–H and O–H groups in total. The van der Waals surface area contributed by atoms with Crippen molar-refractivity contribution in [2.45, 2.75) is 0 Å². The van der Waals surface area contributed by atoms with Gasteiger partial charge in [-0.1, -0.05) is 36.4 Å². The third-order valence-electron chi connectivity index (χ3n) is 2.99. The Morgan fingerprint density at radius 1 is 1.10 bits per heavy atom. The minimum atomic E-state index is -0.213.